The number of aliphatic hydroxyl groups excluding tert-OH is 1. The van der Waals surface area contributed by atoms with E-state index in [-0.39, 0.29) is 18.9 Å². The van der Waals surface area contributed by atoms with Gasteiger partial charge in [-0.15, -0.1) is 0 Å². The molecule has 0 aliphatic heterocycles. The van der Waals surface area contributed by atoms with Crippen molar-refractivity contribution in [2.75, 3.05) is 6.61 Å². The number of rotatable bonds is 6. The van der Waals surface area contributed by atoms with Crippen LogP contribution in [0, 0.1) is 11.8 Å². The summed E-state index contributed by atoms with van der Waals surface area (Å²) < 4.78 is 0. The zero-order valence-electron chi connectivity index (χ0n) is 7.79. The third-order valence-electron chi connectivity index (χ3n) is 1.81. The molecule has 12 heavy (non-hydrogen) atoms. The molecular formula is C9H18O3. The van der Waals surface area contributed by atoms with Crippen LogP contribution in [0.25, 0.3) is 0 Å². The SMILES string of the molecule is CC(C)C[C@H](CCO)CC(=O)O. The van der Waals surface area contributed by atoms with E-state index in [9.17, 15) is 4.79 Å². The maximum Gasteiger partial charge on any atom is 0.303 e. The summed E-state index contributed by atoms with van der Waals surface area (Å²) in [5.74, 6) is -0.137. The largest absolute Gasteiger partial charge is 0.481 e. The highest BCUT2D eigenvalue weighted by Gasteiger charge is 2.13. The lowest BCUT2D eigenvalue weighted by molar-refractivity contribution is -0.138. The summed E-state index contributed by atoms with van der Waals surface area (Å²) in [4.78, 5) is 10.4. The molecule has 0 unspecified atom stereocenters. The summed E-state index contributed by atoms with van der Waals surface area (Å²) in [6, 6.07) is 0. The second-order valence-electron chi connectivity index (χ2n) is 3.61. The Labute approximate surface area is 73.4 Å². The van der Waals surface area contributed by atoms with Gasteiger partial charge >= 0.3 is 5.97 Å². The van der Waals surface area contributed by atoms with Crippen molar-refractivity contribution in [2.45, 2.75) is 33.1 Å². The number of carboxylic acid groups (broad SMARTS) is 1. The van der Waals surface area contributed by atoms with E-state index in [1.54, 1.807) is 0 Å². The minimum absolute atomic E-state index is 0.0880. The number of hydrogen-bond donors (Lipinski definition) is 2. The predicted molar refractivity (Wildman–Crippen MR) is 46.9 cm³/mol. The van der Waals surface area contributed by atoms with Gasteiger partial charge in [-0.25, -0.2) is 0 Å². The first-order valence-corrected chi connectivity index (χ1v) is 4.39. The van der Waals surface area contributed by atoms with E-state index in [1.807, 2.05) is 0 Å². The minimum Gasteiger partial charge on any atom is -0.481 e. The molecule has 3 nitrogen and oxygen atoms in total. The van der Waals surface area contributed by atoms with Crippen LogP contribution >= 0.6 is 0 Å². The fraction of sp³-hybridized carbons (Fsp3) is 0.889. The molecule has 3 heteroatoms. The first-order chi connectivity index (χ1) is 5.56. The normalized spacial score (nSPS) is 13.3. The first-order valence-electron chi connectivity index (χ1n) is 4.39. The van der Waals surface area contributed by atoms with Crippen molar-refractivity contribution in [2.24, 2.45) is 11.8 Å². The third kappa shape index (κ3) is 6.16. The molecule has 0 rings (SSSR count). The van der Waals surface area contributed by atoms with E-state index in [0.717, 1.165) is 6.42 Å². The summed E-state index contributed by atoms with van der Waals surface area (Å²) in [6.07, 6.45) is 1.66. The molecule has 0 aliphatic rings. The molecule has 0 fully saturated rings. The average Bonchev–Trinajstić information content (AvgIpc) is 1.84. The lowest BCUT2D eigenvalue weighted by Gasteiger charge is -2.15. The fourth-order valence-corrected chi connectivity index (χ4v) is 1.40. The fourth-order valence-electron chi connectivity index (χ4n) is 1.40. The molecule has 0 spiro atoms. The number of aliphatic hydroxyl groups is 1. The van der Waals surface area contributed by atoms with Gasteiger partial charge in [-0.05, 0) is 24.7 Å². The predicted octanol–water partition coefficient (Wildman–Crippen LogP) is 1.51. The van der Waals surface area contributed by atoms with E-state index in [0.29, 0.717) is 12.3 Å². The van der Waals surface area contributed by atoms with Crippen molar-refractivity contribution >= 4 is 5.97 Å². The van der Waals surface area contributed by atoms with Gasteiger partial charge < -0.3 is 10.2 Å². The Morgan fingerprint density at radius 1 is 1.42 bits per heavy atom. The van der Waals surface area contributed by atoms with Crippen LogP contribution in [-0.2, 0) is 4.79 Å². The van der Waals surface area contributed by atoms with Gasteiger partial charge in [0.05, 0.1) is 0 Å². The van der Waals surface area contributed by atoms with Crippen LogP contribution in [0.1, 0.15) is 33.1 Å². The Hall–Kier alpha value is -0.570. The lowest BCUT2D eigenvalue weighted by atomic mass is 9.92. The highest BCUT2D eigenvalue weighted by molar-refractivity contribution is 5.66. The third-order valence-corrected chi connectivity index (χ3v) is 1.81. The number of aliphatic carboxylic acids is 1. The van der Waals surface area contributed by atoms with Gasteiger partial charge in [-0.2, -0.15) is 0 Å². The van der Waals surface area contributed by atoms with Crippen molar-refractivity contribution in [1.29, 1.82) is 0 Å². The van der Waals surface area contributed by atoms with Crippen LogP contribution in [0.15, 0.2) is 0 Å². The molecule has 0 radical (unpaired) electrons. The summed E-state index contributed by atoms with van der Waals surface area (Å²) >= 11 is 0. The first kappa shape index (κ1) is 11.4. The van der Waals surface area contributed by atoms with Crippen LogP contribution in [0.3, 0.4) is 0 Å². The van der Waals surface area contributed by atoms with Gasteiger partial charge in [0, 0.05) is 13.0 Å². The van der Waals surface area contributed by atoms with Crippen LogP contribution in [0.2, 0.25) is 0 Å². The molecule has 0 heterocycles. The lowest BCUT2D eigenvalue weighted by Crippen LogP contribution is -2.12. The standard InChI is InChI=1S/C9H18O3/c1-7(2)5-8(3-4-10)6-9(11)12/h7-8,10H,3-6H2,1-2H3,(H,11,12)/t8-/m0/s1. The van der Waals surface area contributed by atoms with Crippen LogP contribution in [-0.4, -0.2) is 22.8 Å². The van der Waals surface area contributed by atoms with Crippen LogP contribution in [0.5, 0.6) is 0 Å². The average molecular weight is 174 g/mol. The van der Waals surface area contributed by atoms with Gasteiger partial charge in [-0.3, -0.25) is 4.79 Å². The summed E-state index contributed by atoms with van der Waals surface area (Å²) in [5, 5.41) is 17.2. The topological polar surface area (TPSA) is 57.5 Å². The molecule has 0 bridgehead atoms. The van der Waals surface area contributed by atoms with Crippen molar-refractivity contribution in [3.8, 4) is 0 Å². The Morgan fingerprint density at radius 2 is 2.00 bits per heavy atom. The Bertz CT molecular complexity index is 132. The van der Waals surface area contributed by atoms with Crippen molar-refractivity contribution in [1.82, 2.24) is 0 Å². The van der Waals surface area contributed by atoms with E-state index >= 15 is 0 Å². The van der Waals surface area contributed by atoms with Gasteiger partial charge in [0.15, 0.2) is 0 Å². The quantitative estimate of drug-likeness (QED) is 0.641. The molecule has 0 aromatic carbocycles. The van der Waals surface area contributed by atoms with E-state index in [2.05, 4.69) is 13.8 Å². The number of carbonyl (C=O) groups is 1. The highest BCUT2D eigenvalue weighted by atomic mass is 16.4. The zero-order valence-corrected chi connectivity index (χ0v) is 7.79. The van der Waals surface area contributed by atoms with E-state index < -0.39 is 5.97 Å². The Balaban J connectivity index is 3.77. The van der Waals surface area contributed by atoms with Crippen LogP contribution in [0.4, 0.5) is 0 Å². The highest BCUT2D eigenvalue weighted by Crippen LogP contribution is 2.18. The molecular weight excluding hydrogens is 156 g/mol. The zero-order chi connectivity index (χ0) is 9.56. The molecule has 0 amide bonds. The molecule has 1 atom stereocenters. The summed E-state index contributed by atoms with van der Waals surface area (Å²) in [6.45, 7) is 4.21. The molecule has 2 N–H and O–H groups in total. The second kappa shape index (κ2) is 6.00. The number of hydrogen-bond acceptors (Lipinski definition) is 2. The Morgan fingerprint density at radius 3 is 2.33 bits per heavy atom. The molecule has 72 valence electrons. The molecule has 0 saturated heterocycles. The maximum absolute atomic E-state index is 10.4. The van der Waals surface area contributed by atoms with E-state index in [4.69, 9.17) is 10.2 Å². The van der Waals surface area contributed by atoms with Crippen molar-refractivity contribution < 1.29 is 15.0 Å². The van der Waals surface area contributed by atoms with E-state index in [1.165, 1.54) is 0 Å². The van der Waals surface area contributed by atoms with Crippen LogP contribution < -0.4 is 0 Å². The van der Waals surface area contributed by atoms with Crippen molar-refractivity contribution in [3.63, 3.8) is 0 Å². The Kier molecular flexibility index (Phi) is 5.72. The van der Waals surface area contributed by atoms with Gasteiger partial charge in [0.2, 0.25) is 0 Å². The summed E-state index contributed by atoms with van der Waals surface area (Å²) in [5.41, 5.74) is 0. The van der Waals surface area contributed by atoms with Gasteiger partial charge in [0.25, 0.3) is 0 Å². The van der Waals surface area contributed by atoms with Gasteiger partial charge in [0.1, 0.15) is 0 Å². The maximum atomic E-state index is 10.4. The molecule has 0 aromatic rings. The summed E-state index contributed by atoms with van der Waals surface area (Å²) in [7, 11) is 0. The smallest absolute Gasteiger partial charge is 0.303 e. The minimum atomic E-state index is -0.769. The monoisotopic (exact) mass is 174 g/mol. The second-order valence-corrected chi connectivity index (χ2v) is 3.61. The van der Waals surface area contributed by atoms with Gasteiger partial charge in [-0.1, -0.05) is 13.8 Å². The molecule has 0 aliphatic carbocycles. The number of carboxylic acids is 1. The van der Waals surface area contributed by atoms with Crippen molar-refractivity contribution in [3.05, 3.63) is 0 Å². The molecule has 0 saturated carbocycles. The molecule has 0 aromatic heterocycles.